The number of hydrogen-bond donors (Lipinski definition) is 3. The van der Waals surface area contributed by atoms with E-state index in [4.69, 9.17) is 0 Å². The van der Waals surface area contributed by atoms with Crippen molar-refractivity contribution in [2.24, 2.45) is 4.99 Å². The van der Waals surface area contributed by atoms with Gasteiger partial charge in [0.25, 0.3) is 0 Å². The van der Waals surface area contributed by atoms with Crippen molar-refractivity contribution >= 4 is 17.7 Å². The first kappa shape index (κ1) is 17.9. The zero-order chi connectivity index (χ0) is 15.3. The number of guanidine groups is 1. The number of unbranched alkanes of at least 4 members (excludes halogenated alkanes) is 1. The van der Waals surface area contributed by atoms with Crippen LogP contribution in [0.3, 0.4) is 0 Å². The summed E-state index contributed by atoms with van der Waals surface area (Å²) < 4.78 is 0. The number of benzene rings is 1. The molecule has 1 aromatic rings. The fraction of sp³-hybridized carbons (Fsp3) is 0.562. The first-order valence-electron chi connectivity index (χ1n) is 7.50. The maximum absolute atomic E-state index is 9.33. The summed E-state index contributed by atoms with van der Waals surface area (Å²) in [5, 5.41) is 15.9. The van der Waals surface area contributed by atoms with E-state index in [0.29, 0.717) is 6.54 Å². The predicted octanol–water partition coefficient (Wildman–Crippen LogP) is 2.38. The van der Waals surface area contributed by atoms with Crippen LogP contribution in [0.5, 0.6) is 0 Å². The molecule has 118 valence electrons. The Kier molecular flexibility index (Phi) is 9.74. The third-order valence-electron chi connectivity index (χ3n) is 3.11. The number of hydrogen-bond acceptors (Lipinski definition) is 3. The van der Waals surface area contributed by atoms with Crippen LogP contribution in [-0.4, -0.2) is 36.2 Å². The molecule has 0 unspecified atom stereocenters. The molecule has 0 aromatic heterocycles. The molecule has 0 radical (unpaired) electrons. The molecule has 0 heterocycles. The molecular formula is C16H27N3OS. The molecule has 0 fully saturated rings. The van der Waals surface area contributed by atoms with Gasteiger partial charge in [-0.1, -0.05) is 24.3 Å². The normalized spacial score (nSPS) is 11.5. The zero-order valence-corrected chi connectivity index (χ0v) is 13.9. The van der Waals surface area contributed by atoms with Gasteiger partial charge in [0.15, 0.2) is 5.96 Å². The van der Waals surface area contributed by atoms with Gasteiger partial charge in [0.05, 0.1) is 13.2 Å². The van der Waals surface area contributed by atoms with E-state index in [1.54, 1.807) is 0 Å². The maximum atomic E-state index is 9.33. The Labute approximate surface area is 132 Å². The van der Waals surface area contributed by atoms with Gasteiger partial charge in [-0.2, -0.15) is 11.8 Å². The Morgan fingerprint density at radius 2 is 1.95 bits per heavy atom. The molecule has 0 bridgehead atoms. The second-order valence-corrected chi connectivity index (χ2v) is 5.73. The summed E-state index contributed by atoms with van der Waals surface area (Å²) >= 11 is 1.89. The van der Waals surface area contributed by atoms with E-state index in [-0.39, 0.29) is 6.61 Å². The molecule has 0 aliphatic carbocycles. The van der Waals surface area contributed by atoms with Crippen molar-refractivity contribution in [1.82, 2.24) is 10.6 Å². The van der Waals surface area contributed by atoms with E-state index < -0.39 is 0 Å². The van der Waals surface area contributed by atoms with Gasteiger partial charge in [0, 0.05) is 13.1 Å². The molecule has 1 aromatic carbocycles. The summed E-state index contributed by atoms with van der Waals surface area (Å²) in [5.41, 5.74) is 2.01. The summed E-state index contributed by atoms with van der Waals surface area (Å²) in [7, 11) is 0. The highest BCUT2D eigenvalue weighted by Crippen LogP contribution is 2.09. The highest BCUT2D eigenvalue weighted by Gasteiger charge is 2.01. The molecule has 4 nitrogen and oxygen atoms in total. The van der Waals surface area contributed by atoms with Crippen molar-refractivity contribution in [3.63, 3.8) is 0 Å². The molecule has 0 aliphatic rings. The van der Waals surface area contributed by atoms with Gasteiger partial charge in [0.1, 0.15) is 0 Å². The number of rotatable bonds is 9. The van der Waals surface area contributed by atoms with E-state index in [2.05, 4.69) is 28.8 Å². The number of aliphatic hydroxyl groups is 1. The molecule has 0 saturated heterocycles. The van der Waals surface area contributed by atoms with Crippen molar-refractivity contribution in [2.45, 2.75) is 32.9 Å². The SMILES string of the molecule is CCNC(=NCc1ccccc1CO)NCCCCSC. The Balaban J connectivity index is 2.50. The van der Waals surface area contributed by atoms with E-state index in [9.17, 15) is 5.11 Å². The second kappa shape index (κ2) is 11.5. The molecule has 5 heteroatoms. The predicted molar refractivity (Wildman–Crippen MR) is 92.8 cm³/mol. The molecular weight excluding hydrogens is 282 g/mol. The van der Waals surface area contributed by atoms with Crippen LogP contribution >= 0.6 is 11.8 Å². The third kappa shape index (κ3) is 7.39. The van der Waals surface area contributed by atoms with Crippen molar-refractivity contribution < 1.29 is 5.11 Å². The van der Waals surface area contributed by atoms with E-state index >= 15 is 0 Å². The van der Waals surface area contributed by atoms with E-state index in [1.165, 1.54) is 12.2 Å². The smallest absolute Gasteiger partial charge is 0.191 e. The minimum Gasteiger partial charge on any atom is -0.392 e. The van der Waals surface area contributed by atoms with Gasteiger partial charge in [0.2, 0.25) is 0 Å². The Hall–Kier alpha value is -1.20. The lowest BCUT2D eigenvalue weighted by atomic mass is 10.1. The molecule has 21 heavy (non-hydrogen) atoms. The van der Waals surface area contributed by atoms with Crippen molar-refractivity contribution in [1.29, 1.82) is 0 Å². The molecule has 0 amide bonds. The molecule has 1 rings (SSSR count). The highest BCUT2D eigenvalue weighted by atomic mass is 32.2. The fourth-order valence-corrected chi connectivity index (χ4v) is 2.44. The van der Waals surface area contributed by atoms with Crippen LogP contribution < -0.4 is 10.6 Å². The summed E-state index contributed by atoms with van der Waals surface area (Å²) in [6.45, 7) is 4.49. The maximum Gasteiger partial charge on any atom is 0.191 e. The van der Waals surface area contributed by atoms with E-state index in [1.807, 2.05) is 36.0 Å². The Morgan fingerprint density at radius 3 is 2.62 bits per heavy atom. The van der Waals surface area contributed by atoms with Crippen molar-refractivity contribution in [3.8, 4) is 0 Å². The topological polar surface area (TPSA) is 56.7 Å². The summed E-state index contributed by atoms with van der Waals surface area (Å²) in [4.78, 5) is 4.59. The molecule has 0 spiro atoms. The van der Waals surface area contributed by atoms with E-state index in [0.717, 1.165) is 36.6 Å². The lowest BCUT2D eigenvalue weighted by molar-refractivity contribution is 0.280. The average molecular weight is 309 g/mol. The standard InChI is InChI=1S/C16H27N3OS/c1-3-17-16(18-10-6-7-11-21-2)19-12-14-8-4-5-9-15(14)13-20/h4-5,8-9,20H,3,6-7,10-13H2,1-2H3,(H2,17,18,19). The monoisotopic (exact) mass is 309 g/mol. The van der Waals surface area contributed by atoms with Crippen LogP contribution in [-0.2, 0) is 13.2 Å². The van der Waals surface area contributed by atoms with Crippen LogP contribution in [0.25, 0.3) is 0 Å². The zero-order valence-electron chi connectivity index (χ0n) is 13.1. The molecule has 0 aliphatic heterocycles. The van der Waals surface area contributed by atoms with Gasteiger partial charge < -0.3 is 15.7 Å². The third-order valence-corrected chi connectivity index (χ3v) is 3.81. The number of nitrogens with zero attached hydrogens (tertiary/aromatic N) is 1. The van der Waals surface area contributed by atoms with Crippen LogP contribution in [0.1, 0.15) is 30.9 Å². The number of aliphatic hydroxyl groups excluding tert-OH is 1. The second-order valence-electron chi connectivity index (χ2n) is 4.75. The minimum atomic E-state index is 0.0599. The highest BCUT2D eigenvalue weighted by molar-refractivity contribution is 7.98. The average Bonchev–Trinajstić information content (AvgIpc) is 2.52. The summed E-state index contributed by atoms with van der Waals surface area (Å²) in [5.74, 6) is 2.05. The van der Waals surface area contributed by atoms with Gasteiger partial charge in [-0.05, 0) is 42.9 Å². The summed E-state index contributed by atoms with van der Waals surface area (Å²) in [6.07, 6.45) is 4.51. The van der Waals surface area contributed by atoms with Gasteiger partial charge in [-0.25, -0.2) is 4.99 Å². The largest absolute Gasteiger partial charge is 0.392 e. The fourth-order valence-electron chi connectivity index (χ4n) is 1.95. The van der Waals surface area contributed by atoms with Crippen LogP contribution in [0, 0.1) is 0 Å². The van der Waals surface area contributed by atoms with Gasteiger partial charge in [-0.3, -0.25) is 0 Å². The quantitative estimate of drug-likeness (QED) is 0.372. The lowest BCUT2D eigenvalue weighted by Gasteiger charge is -2.12. The van der Waals surface area contributed by atoms with Gasteiger partial charge in [-0.15, -0.1) is 0 Å². The number of thioether (sulfide) groups is 1. The molecule has 0 atom stereocenters. The first-order valence-corrected chi connectivity index (χ1v) is 8.90. The Bertz CT molecular complexity index is 424. The number of nitrogens with one attached hydrogen (secondary N) is 2. The van der Waals surface area contributed by atoms with Crippen molar-refractivity contribution in [3.05, 3.63) is 35.4 Å². The van der Waals surface area contributed by atoms with Crippen LogP contribution in [0.2, 0.25) is 0 Å². The number of aliphatic imine (C=N–C) groups is 1. The minimum absolute atomic E-state index is 0.0599. The molecule has 3 N–H and O–H groups in total. The lowest BCUT2D eigenvalue weighted by Crippen LogP contribution is -2.37. The van der Waals surface area contributed by atoms with Crippen LogP contribution in [0.4, 0.5) is 0 Å². The Morgan fingerprint density at radius 1 is 1.19 bits per heavy atom. The first-order chi connectivity index (χ1) is 10.3. The molecule has 0 saturated carbocycles. The summed E-state index contributed by atoms with van der Waals surface area (Å²) in [6, 6.07) is 7.87. The van der Waals surface area contributed by atoms with Crippen molar-refractivity contribution in [2.75, 3.05) is 25.1 Å². The van der Waals surface area contributed by atoms with Gasteiger partial charge >= 0.3 is 0 Å². The van der Waals surface area contributed by atoms with Crippen LogP contribution in [0.15, 0.2) is 29.3 Å².